The number of halogens is 1. The molecule has 0 spiro atoms. The Balaban J connectivity index is 2.21. The van der Waals surface area contributed by atoms with Crippen molar-refractivity contribution in [2.75, 3.05) is 0 Å². The van der Waals surface area contributed by atoms with Gasteiger partial charge in [0.15, 0.2) is 0 Å². The monoisotopic (exact) mass is 342 g/mol. The Morgan fingerprint density at radius 1 is 1.45 bits per heavy atom. The number of rotatable bonds is 4. The van der Waals surface area contributed by atoms with Crippen LogP contribution in [-0.4, -0.2) is 27.6 Å². The maximum absolute atomic E-state index is 12.4. The first-order chi connectivity index (χ1) is 9.20. The Morgan fingerprint density at radius 2 is 2.05 bits per heavy atom. The van der Waals surface area contributed by atoms with Crippen LogP contribution in [0.5, 0.6) is 0 Å². The molecule has 110 valence electrons. The van der Waals surface area contributed by atoms with Crippen molar-refractivity contribution in [3.8, 4) is 0 Å². The van der Waals surface area contributed by atoms with Gasteiger partial charge >= 0.3 is 5.97 Å². The zero-order valence-corrected chi connectivity index (χ0v) is 13.4. The fourth-order valence-corrected chi connectivity index (χ4v) is 2.57. The lowest BCUT2D eigenvalue weighted by Gasteiger charge is -2.27. The number of nitrogens with one attached hydrogen (secondary N) is 1. The Labute approximate surface area is 126 Å². The topological polar surface area (TPSA) is 71.3 Å². The van der Waals surface area contributed by atoms with Crippen molar-refractivity contribution in [2.24, 2.45) is 5.41 Å². The Bertz CT molecular complexity index is 541. The highest BCUT2D eigenvalue weighted by Gasteiger charge is 2.34. The summed E-state index contributed by atoms with van der Waals surface area (Å²) in [6.45, 7) is 5.38. The summed E-state index contributed by atoms with van der Waals surface area (Å²) in [4.78, 5) is 23.7. The number of carbonyl (C=O) groups excluding carboxylic acids is 1. The van der Waals surface area contributed by atoms with E-state index in [1.54, 1.807) is 26.8 Å². The molecule has 0 saturated heterocycles. The van der Waals surface area contributed by atoms with Crippen LogP contribution in [0.25, 0.3) is 0 Å². The quantitative estimate of drug-likeness (QED) is 0.883. The summed E-state index contributed by atoms with van der Waals surface area (Å²) < 4.78 is 2.75. The van der Waals surface area contributed by atoms with E-state index in [1.165, 1.54) is 0 Å². The molecule has 1 fully saturated rings. The van der Waals surface area contributed by atoms with Crippen LogP contribution in [0.3, 0.4) is 0 Å². The van der Waals surface area contributed by atoms with Crippen LogP contribution in [0.15, 0.2) is 16.7 Å². The summed E-state index contributed by atoms with van der Waals surface area (Å²) in [6, 6.07) is 1.17. The zero-order valence-electron chi connectivity index (χ0n) is 11.8. The van der Waals surface area contributed by atoms with Gasteiger partial charge in [-0.25, -0.2) is 4.79 Å². The number of carbonyl (C=O) groups is 2. The molecule has 1 amide bonds. The SMILES string of the molecule is CC(C)(C)C(NC(=O)c1cc(Br)cn1C1CC1)C(=O)O. The number of nitrogens with zero attached hydrogens (tertiary/aromatic N) is 1. The average Bonchev–Trinajstić information content (AvgIpc) is 3.07. The second-order valence-corrected chi connectivity index (χ2v) is 7.21. The summed E-state index contributed by atoms with van der Waals surface area (Å²) in [7, 11) is 0. The van der Waals surface area contributed by atoms with E-state index in [4.69, 9.17) is 0 Å². The van der Waals surface area contributed by atoms with Crippen LogP contribution in [-0.2, 0) is 4.79 Å². The summed E-state index contributed by atoms with van der Waals surface area (Å²) >= 11 is 3.36. The molecule has 1 aliphatic carbocycles. The second-order valence-electron chi connectivity index (χ2n) is 6.29. The van der Waals surface area contributed by atoms with Crippen molar-refractivity contribution in [3.05, 3.63) is 22.4 Å². The molecule has 1 heterocycles. The van der Waals surface area contributed by atoms with E-state index < -0.39 is 17.4 Å². The predicted molar refractivity (Wildman–Crippen MR) is 78.7 cm³/mol. The third kappa shape index (κ3) is 3.23. The van der Waals surface area contributed by atoms with Gasteiger partial charge < -0.3 is 15.0 Å². The fourth-order valence-electron chi connectivity index (χ4n) is 2.14. The minimum atomic E-state index is -1.02. The average molecular weight is 343 g/mol. The van der Waals surface area contributed by atoms with Crippen molar-refractivity contribution in [1.82, 2.24) is 9.88 Å². The minimum absolute atomic E-state index is 0.343. The Kier molecular flexibility index (Phi) is 3.95. The lowest BCUT2D eigenvalue weighted by atomic mass is 9.86. The van der Waals surface area contributed by atoms with E-state index in [0.717, 1.165) is 17.3 Å². The molecule has 1 aromatic rings. The Morgan fingerprint density at radius 3 is 2.50 bits per heavy atom. The largest absolute Gasteiger partial charge is 0.480 e. The molecule has 6 heteroatoms. The number of carboxylic acids is 1. The van der Waals surface area contributed by atoms with E-state index in [2.05, 4.69) is 21.2 Å². The highest BCUT2D eigenvalue weighted by molar-refractivity contribution is 9.10. The normalized spacial score (nSPS) is 16.8. The lowest BCUT2D eigenvalue weighted by molar-refractivity contribution is -0.142. The van der Waals surface area contributed by atoms with Gasteiger partial charge in [-0.3, -0.25) is 4.79 Å². The summed E-state index contributed by atoms with van der Waals surface area (Å²) in [6.07, 6.45) is 3.99. The van der Waals surface area contributed by atoms with E-state index >= 15 is 0 Å². The highest BCUT2D eigenvalue weighted by Crippen LogP contribution is 2.37. The van der Waals surface area contributed by atoms with Gasteiger partial charge in [-0.2, -0.15) is 0 Å². The number of aromatic nitrogens is 1. The number of carboxylic acid groups (broad SMARTS) is 1. The molecule has 1 saturated carbocycles. The third-order valence-electron chi connectivity index (χ3n) is 3.38. The van der Waals surface area contributed by atoms with Gasteiger partial charge in [0.25, 0.3) is 5.91 Å². The van der Waals surface area contributed by atoms with Gasteiger partial charge in [-0.15, -0.1) is 0 Å². The number of aliphatic carboxylic acids is 1. The first-order valence-electron chi connectivity index (χ1n) is 6.61. The van der Waals surface area contributed by atoms with Crippen molar-refractivity contribution in [1.29, 1.82) is 0 Å². The van der Waals surface area contributed by atoms with Gasteiger partial charge in [0, 0.05) is 16.7 Å². The molecule has 0 radical (unpaired) electrons. The van der Waals surface area contributed by atoms with Crippen molar-refractivity contribution in [3.63, 3.8) is 0 Å². The molecule has 5 nitrogen and oxygen atoms in total. The first kappa shape index (κ1) is 15.1. The predicted octanol–water partition coefficient (Wildman–Crippen LogP) is 2.81. The molecule has 1 unspecified atom stereocenters. The van der Waals surface area contributed by atoms with Crippen LogP contribution in [0.1, 0.15) is 50.1 Å². The Hall–Kier alpha value is -1.30. The van der Waals surface area contributed by atoms with Gasteiger partial charge in [0.2, 0.25) is 0 Å². The van der Waals surface area contributed by atoms with Gasteiger partial charge in [0.05, 0.1) is 0 Å². The standard InChI is InChI=1S/C14H19BrN2O3/c1-14(2,3)11(13(19)20)16-12(18)10-6-8(15)7-17(10)9-4-5-9/h6-7,9,11H,4-5H2,1-3H3,(H,16,18)(H,19,20). The van der Waals surface area contributed by atoms with E-state index in [-0.39, 0.29) is 5.91 Å². The summed E-state index contributed by atoms with van der Waals surface area (Å²) in [5, 5.41) is 11.9. The third-order valence-corrected chi connectivity index (χ3v) is 3.81. The number of hydrogen-bond acceptors (Lipinski definition) is 2. The highest BCUT2D eigenvalue weighted by atomic mass is 79.9. The molecular formula is C14H19BrN2O3. The number of amides is 1. The van der Waals surface area contributed by atoms with Crippen LogP contribution in [0, 0.1) is 5.41 Å². The molecule has 2 rings (SSSR count). The second kappa shape index (κ2) is 5.24. The molecule has 0 aliphatic heterocycles. The van der Waals surface area contributed by atoms with Crippen molar-refractivity contribution >= 4 is 27.8 Å². The fraction of sp³-hybridized carbons (Fsp3) is 0.571. The van der Waals surface area contributed by atoms with Crippen LogP contribution < -0.4 is 5.32 Å². The molecule has 1 aromatic heterocycles. The van der Waals surface area contributed by atoms with E-state index in [9.17, 15) is 14.7 Å². The summed E-state index contributed by atoms with van der Waals surface area (Å²) in [5.41, 5.74) is -0.0368. The summed E-state index contributed by atoms with van der Waals surface area (Å²) in [5.74, 6) is -1.36. The first-order valence-corrected chi connectivity index (χ1v) is 7.40. The molecule has 1 atom stereocenters. The molecular weight excluding hydrogens is 324 g/mol. The smallest absolute Gasteiger partial charge is 0.326 e. The van der Waals surface area contributed by atoms with Crippen LogP contribution in [0.2, 0.25) is 0 Å². The zero-order chi connectivity index (χ0) is 15.1. The van der Waals surface area contributed by atoms with Crippen LogP contribution in [0.4, 0.5) is 0 Å². The van der Waals surface area contributed by atoms with Gasteiger partial charge in [0.1, 0.15) is 11.7 Å². The molecule has 2 N–H and O–H groups in total. The lowest BCUT2D eigenvalue weighted by Crippen LogP contribution is -2.49. The molecule has 1 aliphatic rings. The van der Waals surface area contributed by atoms with E-state index in [1.807, 2.05) is 10.8 Å². The number of hydrogen-bond donors (Lipinski definition) is 2. The van der Waals surface area contributed by atoms with Crippen molar-refractivity contribution in [2.45, 2.75) is 45.7 Å². The molecule has 0 aromatic carbocycles. The maximum atomic E-state index is 12.4. The van der Waals surface area contributed by atoms with Crippen LogP contribution >= 0.6 is 15.9 Å². The van der Waals surface area contributed by atoms with Gasteiger partial charge in [-0.05, 0) is 40.3 Å². The van der Waals surface area contributed by atoms with Crippen molar-refractivity contribution < 1.29 is 14.7 Å². The molecule has 0 bridgehead atoms. The van der Waals surface area contributed by atoms with E-state index in [0.29, 0.717) is 11.7 Å². The molecule has 20 heavy (non-hydrogen) atoms. The van der Waals surface area contributed by atoms with Gasteiger partial charge in [-0.1, -0.05) is 20.8 Å². The minimum Gasteiger partial charge on any atom is -0.480 e. The maximum Gasteiger partial charge on any atom is 0.326 e.